The molecule has 1 saturated carbocycles. The Morgan fingerprint density at radius 2 is 1.90 bits per heavy atom. The van der Waals surface area contributed by atoms with Crippen LogP contribution in [0.15, 0.2) is 18.5 Å². The van der Waals surface area contributed by atoms with Crippen LogP contribution in [0.4, 0.5) is 5.69 Å². The molecule has 0 spiro atoms. The zero-order valence-electron chi connectivity index (χ0n) is 12.8. The first-order chi connectivity index (χ1) is 10.2. The van der Waals surface area contributed by atoms with Gasteiger partial charge in [-0.2, -0.15) is 0 Å². The normalized spacial score (nSPS) is 24.0. The highest BCUT2D eigenvalue weighted by atomic mass is 16.3. The monoisotopic (exact) mass is 289 g/mol. The number of aromatic nitrogens is 1. The Bertz CT molecular complexity index is 465. The van der Waals surface area contributed by atoms with E-state index in [1.807, 2.05) is 6.07 Å². The van der Waals surface area contributed by atoms with E-state index < -0.39 is 0 Å². The molecule has 4 heteroatoms. The van der Waals surface area contributed by atoms with E-state index in [2.05, 4.69) is 9.88 Å². The summed E-state index contributed by atoms with van der Waals surface area (Å²) in [6.07, 6.45) is 12.4. The molecule has 0 bridgehead atoms. The Kier molecular flexibility index (Phi) is 4.45. The van der Waals surface area contributed by atoms with Crippen LogP contribution in [0.5, 0.6) is 0 Å². The van der Waals surface area contributed by atoms with Crippen LogP contribution in [0.25, 0.3) is 0 Å². The average molecular weight is 289 g/mol. The largest absolute Gasteiger partial charge is 0.398 e. The fourth-order valence-corrected chi connectivity index (χ4v) is 4.19. The number of hydrogen-bond donors (Lipinski definition) is 2. The zero-order valence-corrected chi connectivity index (χ0v) is 12.8. The molecule has 3 N–H and O–H groups in total. The summed E-state index contributed by atoms with van der Waals surface area (Å²) in [5.74, 6) is 0. The van der Waals surface area contributed by atoms with E-state index in [1.165, 1.54) is 32.1 Å². The third-order valence-electron chi connectivity index (χ3n) is 5.43. The number of nitrogens with zero attached hydrogens (tertiary/aromatic N) is 2. The zero-order chi connectivity index (χ0) is 14.7. The highest BCUT2D eigenvalue weighted by molar-refractivity contribution is 5.44. The maximum absolute atomic E-state index is 11.0. The van der Waals surface area contributed by atoms with Crippen LogP contribution in [0, 0.1) is 0 Å². The lowest BCUT2D eigenvalue weighted by Crippen LogP contribution is -2.57. The number of rotatable bonds is 4. The van der Waals surface area contributed by atoms with Crippen LogP contribution in [0.1, 0.15) is 50.5 Å². The summed E-state index contributed by atoms with van der Waals surface area (Å²) >= 11 is 0. The summed E-state index contributed by atoms with van der Waals surface area (Å²) in [5.41, 5.74) is 7.73. The van der Waals surface area contributed by atoms with Gasteiger partial charge >= 0.3 is 0 Å². The number of nitrogen functional groups attached to an aromatic ring is 1. The first-order valence-corrected chi connectivity index (χ1v) is 8.34. The van der Waals surface area contributed by atoms with Gasteiger partial charge in [0, 0.05) is 30.0 Å². The molecule has 4 nitrogen and oxygen atoms in total. The molecule has 21 heavy (non-hydrogen) atoms. The minimum atomic E-state index is -0.343. The van der Waals surface area contributed by atoms with Crippen molar-refractivity contribution in [2.75, 3.05) is 18.8 Å². The second-order valence-electron chi connectivity index (χ2n) is 6.65. The molecule has 0 radical (unpaired) electrons. The number of anilines is 1. The number of aliphatic hydroxyl groups is 1. The Balaban J connectivity index is 1.78. The van der Waals surface area contributed by atoms with Crippen molar-refractivity contribution >= 4 is 5.69 Å². The fraction of sp³-hybridized carbons (Fsp3) is 0.706. The summed E-state index contributed by atoms with van der Waals surface area (Å²) in [6.45, 7) is 2.28. The topological polar surface area (TPSA) is 62.4 Å². The van der Waals surface area contributed by atoms with Gasteiger partial charge < -0.3 is 10.8 Å². The second kappa shape index (κ2) is 6.32. The van der Waals surface area contributed by atoms with E-state index in [1.54, 1.807) is 12.4 Å². The molecular formula is C17H27N3O. The maximum atomic E-state index is 11.0. The van der Waals surface area contributed by atoms with Gasteiger partial charge in [-0.15, -0.1) is 0 Å². The molecule has 2 aliphatic rings. The molecule has 2 heterocycles. The molecule has 0 amide bonds. The van der Waals surface area contributed by atoms with Gasteiger partial charge in [0.1, 0.15) is 0 Å². The standard InChI is InChI=1S/C17H27N3O/c18-15-6-9-19-13-14(15)12-16(21)17(7-2-3-8-17)20-10-4-1-5-11-20/h6,9,13,16,21H,1-5,7-8,10-12H2,(H2,18,19). The molecule has 0 aromatic carbocycles. The van der Waals surface area contributed by atoms with Crippen LogP contribution in [0.3, 0.4) is 0 Å². The average Bonchev–Trinajstić information content (AvgIpc) is 3.01. The van der Waals surface area contributed by atoms with E-state index in [0.717, 1.165) is 37.2 Å². The Labute approximate surface area is 127 Å². The van der Waals surface area contributed by atoms with Crippen molar-refractivity contribution in [1.82, 2.24) is 9.88 Å². The Morgan fingerprint density at radius 1 is 1.19 bits per heavy atom. The lowest BCUT2D eigenvalue weighted by atomic mass is 9.83. The molecule has 1 aliphatic heterocycles. The van der Waals surface area contributed by atoms with Crippen molar-refractivity contribution in [3.63, 3.8) is 0 Å². The number of pyridine rings is 1. The SMILES string of the molecule is Nc1ccncc1CC(O)C1(N2CCCCC2)CCCC1. The van der Waals surface area contributed by atoms with Gasteiger partial charge in [-0.25, -0.2) is 0 Å². The predicted molar refractivity (Wildman–Crippen MR) is 85.0 cm³/mol. The van der Waals surface area contributed by atoms with Crippen molar-refractivity contribution in [2.24, 2.45) is 0 Å². The summed E-state index contributed by atoms with van der Waals surface area (Å²) < 4.78 is 0. The van der Waals surface area contributed by atoms with Gasteiger partial charge in [-0.1, -0.05) is 19.3 Å². The molecule has 1 saturated heterocycles. The second-order valence-corrected chi connectivity index (χ2v) is 6.65. The lowest BCUT2D eigenvalue weighted by Gasteiger charge is -2.46. The number of nitrogens with two attached hydrogens (primary N) is 1. The Hall–Kier alpha value is -1.13. The summed E-state index contributed by atoms with van der Waals surface area (Å²) in [6, 6.07) is 1.82. The van der Waals surface area contributed by atoms with Crippen LogP contribution in [-0.4, -0.2) is 39.7 Å². The van der Waals surface area contributed by atoms with Gasteiger partial charge in [0.15, 0.2) is 0 Å². The van der Waals surface area contributed by atoms with E-state index in [-0.39, 0.29) is 11.6 Å². The van der Waals surface area contributed by atoms with Crippen molar-refractivity contribution in [2.45, 2.75) is 63.0 Å². The smallest absolute Gasteiger partial charge is 0.0765 e. The molecule has 1 aliphatic carbocycles. The van der Waals surface area contributed by atoms with Gasteiger partial charge in [-0.3, -0.25) is 9.88 Å². The summed E-state index contributed by atoms with van der Waals surface area (Å²) in [4.78, 5) is 6.73. The third-order valence-corrected chi connectivity index (χ3v) is 5.43. The van der Waals surface area contributed by atoms with E-state index in [9.17, 15) is 5.11 Å². The quantitative estimate of drug-likeness (QED) is 0.893. The molecule has 1 aromatic heterocycles. The summed E-state index contributed by atoms with van der Waals surface area (Å²) in [5, 5.41) is 11.0. The first kappa shape index (κ1) is 14.8. The predicted octanol–water partition coefficient (Wildman–Crippen LogP) is 2.37. The van der Waals surface area contributed by atoms with Gasteiger partial charge in [0.05, 0.1) is 6.10 Å². The van der Waals surface area contributed by atoms with Crippen LogP contribution in [0.2, 0.25) is 0 Å². The minimum Gasteiger partial charge on any atom is -0.398 e. The highest BCUT2D eigenvalue weighted by Gasteiger charge is 2.45. The summed E-state index contributed by atoms with van der Waals surface area (Å²) in [7, 11) is 0. The Morgan fingerprint density at radius 3 is 2.57 bits per heavy atom. The minimum absolute atomic E-state index is 0.0251. The van der Waals surface area contributed by atoms with Gasteiger partial charge in [-0.05, 0) is 50.4 Å². The third kappa shape index (κ3) is 2.92. The number of aliphatic hydroxyl groups excluding tert-OH is 1. The fourth-order valence-electron chi connectivity index (χ4n) is 4.19. The van der Waals surface area contributed by atoms with Gasteiger partial charge in [0.25, 0.3) is 0 Å². The molecule has 3 rings (SSSR count). The molecular weight excluding hydrogens is 262 g/mol. The van der Waals surface area contributed by atoms with Crippen molar-refractivity contribution in [1.29, 1.82) is 0 Å². The molecule has 116 valence electrons. The molecule has 2 fully saturated rings. The molecule has 1 aromatic rings. The van der Waals surface area contributed by atoms with Crippen LogP contribution in [-0.2, 0) is 6.42 Å². The van der Waals surface area contributed by atoms with E-state index >= 15 is 0 Å². The number of piperidine rings is 1. The van der Waals surface area contributed by atoms with E-state index in [0.29, 0.717) is 6.42 Å². The number of hydrogen-bond acceptors (Lipinski definition) is 4. The van der Waals surface area contributed by atoms with E-state index in [4.69, 9.17) is 5.73 Å². The number of likely N-dealkylation sites (tertiary alicyclic amines) is 1. The maximum Gasteiger partial charge on any atom is 0.0765 e. The van der Waals surface area contributed by atoms with Crippen molar-refractivity contribution in [3.05, 3.63) is 24.0 Å². The lowest BCUT2D eigenvalue weighted by molar-refractivity contribution is -0.0380. The van der Waals surface area contributed by atoms with Crippen LogP contribution < -0.4 is 5.73 Å². The van der Waals surface area contributed by atoms with Crippen LogP contribution >= 0.6 is 0 Å². The first-order valence-electron chi connectivity index (χ1n) is 8.34. The highest BCUT2D eigenvalue weighted by Crippen LogP contribution is 2.40. The molecule has 1 atom stereocenters. The molecule has 1 unspecified atom stereocenters. The van der Waals surface area contributed by atoms with Crippen molar-refractivity contribution in [3.8, 4) is 0 Å². The van der Waals surface area contributed by atoms with Gasteiger partial charge in [0.2, 0.25) is 0 Å². The van der Waals surface area contributed by atoms with Crippen molar-refractivity contribution < 1.29 is 5.11 Å².